The van der Waals surface area contributed by atoms with Gasteiger partial charge in [0.25, 0.3) is 0 Å². The fraction of sp³-hybridized carbons (Fsp3) is 0.571. The molecule has 1 aliphatic heterocycles. The Hall–Kier alpha value is -0.580. The summed E-state index contributed by atoms with van der Waals surface area (Å²) < 4.78 is 1.05. The summed E-state index contributed by atoms with van der Waals surface area (Å²) in [4.78, 5) is 2.30. The molecule has 0 radical (unpaired) electrons. The van der Waals surface area contributed by atoms with E-state index in [-0.39, 0.29) is 18.7 Å². The first-order valence-corrected chi connectivity index (χ1v) is 7.35. The van der Waals surface area contributed by atoms with Gasteiger partial charge in [0.2, 0.25) is 0 Å². The number of aliphatic hydroxyl groups is 1. The number of halogens is 1. The van der Waals surface area contributed by atoms with Gasteiger partial charge >= 0.3 is 0 Å². The van der Waals surface area contributed by atoms with Crippen LogP contribution in [0.3, 0.4) is 0 Å². The Bertz CT molecular complexity index is 409. The van der Waals surface area contributed by atoms with E-state index in [2.05, 4.69) is 39.0 Å². The van der Waals surface area contributed by atoms with Crippen molar-refractivity contribution >= 4 is 21.6 Å². The average molecular weight is 313 g/mol. The van der Waals surface area contributed by atoms with Crippen LogP contribution in [0.15, 0.2) is 22.7 Å². The second-order valence-corrected chi connectivity index (χ2v) is 5.87. The third-order valence-electron chi connectivity index (χ3n) is 3.64. The van der Waals surface area contributed by atoms with Gasteiger partial charge < -0.3 is 15.7 Å². The number of hydrogen-bond acceptors (Lipinski definition) is 3. The monoisotopic (exact) mass is 312 g/mol. The first-order chi connectivity index (χ1) is 8.63. The Morgan fingerprint density at radius 1 is 1.50 bits per heavy atom. The topological polar surface area (TPSA) is 49.5 Å². The number of rotatable bonds is 3. The fourth-order valence-corrected chi connectivity index (χ4v) is 3.32. The molecule has 1 fully saturated rings. The van der Waals surface area contributed by atoms with Crippen LogP contribution in [0.5, 0.6) is 0 Å². The molecule has 3 nitrogen and oxygen atoms in total. The van der Waals surface area contributed by atoms with E-state index in [0.717, 1.165) is 23.0 Å². The van der Waals surface area contributed by atoms with Crippen molar-refractivity contribution in [2.75, 3.05) is 18.1 Å². The SMILES string of the molecule is C[C@H](N)c1ccc(N2CCCCC2CO)cc1Br. The normalized spacial score (nSPS) is 22.0. The number of anilines is 1. The minimum absolute atomic E-state index is 0.0309. The zero-order chi connectivity index (χ0) is 13.1. The van der Waals surface area contributed by atoms with Crippen LogP contribution in [0.25, 0.3) is 0 Å². The second-order valence-electron chi connectivity index (χ2n) is 5.02. The van der Waals surface area contributed by atoms with Gasteiger partial charge in [0, 0.05) is 22.7 Å². The Balaban J connectivity index is 2.24. The number of nitrogens with zero attached hydrogens (tertiary/aromatic N) is 1. The minimum Gasteiger partial charge on any atom is -0.394 e. The van der Waals surface area contributed by atoms with Crippen LogP contribution < -0.4 is 10.6 Å². The van der Waals surface area contributed by atoms with Crippen molar-refractivity contribution in [3.63, 3.8) is 0 Å². The molecule has 18 heavy (non-hydrogen) atoms. The summed E-state index contributed by atoms with van der Waals surface area (Å²) in [6, 6.07) is 6.59. The summed E-state index contributed by atoms with van der Waals surface area (Å²) in [5, 5.41) is 9.46. The largest absolute Gasteiger partial charge is 0.394 e. The van der Waals surface area contributed by atoms with Crippen LogP contribution in [0.1, 0.15) is 37.8 Å². The molecule has 1 unspecified atom stereocenters. The molecule has 0 aromatic heterocycles. The van der Waals surface area contributed by atoms with Gasteiger partial charge in [0.1, 0.15) is 0 Å². The summed E-state index contributed by atoms with van der Waals surface area (Å²) in [7, 11) is 0. The third kappa shape index (κ3) is 2.87. The summed E-state index contributed by atoms with van der Waals surface area (Å²) in [5.74, 6) is 0. The number of hydrogen-bond donors (Lipinski definition) is 2. The first-order valence-electron chi connectivity index (χ1n) is 6.56. The van der Waals surface area contributed by atoms with Crippen molar-refractivity contribution in [1.29, 1.82) is 0 Å². The molecule has 0 amide bonds. The summed E-state index contributed by atoms with van der Waals surface area (Å²) in [5.41, 5.74) is 8.21. The molecule has 0 spiro atoms. The lowest BCUT2D eigenvalue weighted by molar-refractivity contribution is 0.240. The Kier molecular flexibility index (Phi) is 4.65. The molecule has 0 saturated carbocycles. The minimum atomic E-state index is 0.0309. The molecule has 1 aliphatic rings. The predicted octanol–water partition coefficient (Wildman–Crippen LogP) is 2.82. The lowest BCUT2D eigenvalue weighted by Crippen LogP contribution is -2.41. The van der Waals surface area contributed by atoms with Crippen LogP contribution in [0.2, 0.25) is 0 Å². The van der Waals surface area contributed by atoms with Crippen LogP contribution in [-0.2, 0) is 0 Å². The van der Waals surface area contributed by atoms with Crippen molar-refractivity contribution in [2.45, 2.75) is 38.3 Å². The highest BCUT2D eigenvalue weighted by atomic mass is 79.9. The van der Waals surface area contributed by atoms with Gasteiger partial charge in [-0.05, 0) is 43.9 Å². The average Bonchev–Trinajstić information content (AvgIpc) is 2.38. The Morgan fingerprint density at radius 3 is 2.89 bits per heavy atom. The fourth-order valence-electron chi connectivity index (χ4n) is 2.59. The van der Waals surface area contributed by atoms with Crippen LogP contribution in [0, 0.1) is 0 Å². The molecular weight excluding hydrogens is 292 g/mol. The van der Waals surface area contributed by atoms with Gasteiger partial charge in [-0.25, -0.2) is 0 Å². The van der Waals surface area contributed by atoms with Gasteiger partial charge in [-0.1, -0.05) is 22.0 Å². The molecule has 1 aromatic rings. The van der Waals surface area contributed by atoms with Gasteiger partial charge in [-0.15, -0.1) is 0 Å². The maximum Gasteiger partial charge on any atom is 0.0635 e. The third-order valence-corrected chi connectivity index (χ3v) is 4.33. The summed E-state index contributed by atoms with van der Waals surface area (Å²) in [6.45, 7) is 3.24. The lowest BCUT2D eigenvalue weighted by Gasteiger charge is -2.36. The van der Waals surface area contributed by atoms with E-state index in [4.69, 9.17) is 5.73 Å². The van der Waals surface area contributed by atoms with Crippen molar-refractivity contribution in [3.8, 4) is 0 Å². The highest BCUT2D eigenvalue weighted by Gasteiger charge is 2.22. The van der Waals surface area contributed by atoms with Gasteiger partial charge in [-0.2, -0.15) is 0 Å². The second kappa shape index (κ2) is 6.04. The number of nitrogens with two attached hydrogens (primary N) is 1. The van der Waals surface area contributed by atoms with Crippen molar-refractivity contribution in [3.05, 3.63) is 28.2 Å². The van der Waals surface area contributed by atoms with E-state index in [1.54, 1.807) is 0 Å². The van der Waals surface area contributed by atoms with Crippen molar-refractivity contribution < 1.29 is 5.11 Å². The quantitative estimate of drug-likeness (QED) is 0.902. The van der Waals surface area contributed by atoms with E-state index in [9.17, 15) is 5.11 Å². The van der Waals surface area contributed by atoms with Crippen LogP contribution >= 0.6 is 15.9 Å². The molecule has 100 valence electrons. The molecule has 4 heteroatoms. The van der Waals surface area contributed by atoms with Gasteiger partial charge in [-0.3, -0.25) is 0 Å². The molecule has 1 saturated heterocycles. The predicted molar refractivity (Wildman–Crippen MR) is 78.8 cm³/mol. The molecule has 2 rings (SSSR count). The molecule has 2 atom stereocenters. The van der Waals surface area contributed by atoms with E-state index in [1.807, 2.05) is 6.92 Å². The zero-order valence-corrected chi connectivity index (χ0v) is 12.4. The highest BCUT2D eigenvalue weighted by Crippen LogP contribution is 2.30. The van der Waals surface area contributed by atoms with Gasteiger partial charge in [0.05, 0.1) is 12.6 Å². The molecule has 0 bridgehead atoms. The molecule has 1 aromatic carbocycles. The molecule has 3 N–H and O–H groups in total. The zero-order valence-electron chi connectivity index (χ0n) is 10.8. The van der Waals surface area contributed by atoms with E-state index in [1.165, 1.54) is 18.5 Å². The smallest absolute Gasteiger partial charge is 0.0635 e. The Morgan fingerprint density at radius 2 is 2.28 bits per heavy atom. The number of aliphatic hydroxyl groups excluding tert-OH is 1. The summed E-state index contributed by atoms with van der Waals surface area (Å²) >= 11 is 3.59. The molecule has 0 aliphatic carbocycles. The van der Waals surface area contributed by atoms with Gasteiger partial charge in [0.15, 0.2) is 0 Å². The molecule has 1 heterocycles. The summed E-state index contributed by atoms with van der Waals surface area (Å²) in [6.07, 6.45) is 3.48. The highest BCUT2D eigenvalue weighted by molar-refractivity contribution is 9.10. The van der Waals surface area contributed by atoms with Crippen LogP contribution in [0.4, 0.5) is 5.69 Å². The van der Waals surface area contributed by atoms with E-state index >= 15 is 0 Å². The van der Waals surface area contributed by atoms with E-state index in [0.29, 0.717) is 0 Å². The maximum absolute atomic E-state index is 9.46. The number of benzene rings is 1. The lowest BCUT2D eigenvalue weighted by atomic mass is 10.0. The Labute approximate surface area is 117 Å². The van der Waals surface area contributed by atoms with E-state index < -0.39 is 0 Å². The van der Waals surface area contributed by atoms with Crippen LogP contribution in [-0.4, -0.2) is 24.3 Å². The first kappa shape index (κ1) is 13.8. The maximum atomic E-state index is 9.46. The number of piperidine rings is 1. The van der Waals surface area contributed by atoms with Crippen molar-refractivity contribution in [1.82, 2.24) is 0 Å². The standard InChI is InChI=1S/C14H21BrN2O/c1-10(16)13-6-5-11(8-14(13)15)17-7-3-2-4-12(17)9-18/h5-6,8,10,12,18H,2-4,7,9,16H2,1H3/t10-,12?/m0/s1. The molecular formula is C14H21BrN2O. The van der Waals surface area contributed by atoms with Crippen molar-refractivity contribution in [2.24, 2.45) is 5.73 Å².